The highest BCUT2D eigenvalue weighted by Gasteiger charge is 1.94. The maximum absolute atomic E-state index is 4.83. The first-order valence-corrected chi connectivity index (χ1v) is 3.71. The predicted octanol–water partition coefficient (Wildman–Crippen LogP) is 1.44. The van der Waals surface area contributed by atoms with Crippen LogP contribution in [0, 0.1) is 0 Å². The molecular weight excluding hydrogens is 140 g/mol. The molecule has 0 bridgehead atoms. The number of aromatic nitrogens is 2. The second-order valence-corrected chi connectivity index (χ2v) is 2.33. The minimum Gasteiger partial charge on any atom is -0.467 e. The van der Waals surface area contributed by atoms with Crippen molar-refractivity contribution in [2.24, 2.45) is 0 Å². The topological polar surface area (TPSA) is 35.0 Å². The van der Waals surface area contributed by atoms with Gasteiger partial charge in [0.1, 0.15) is 0 Å². The Morgan fingerprint density at radius 1 is 1.36 bits per heavy atom. The van der Waals surface area contributed by atoms with Crippen molar-refractivity contribution in [2.45, 2.75) is 19.8 Å². The van der Waals surface area contributed by atoms with Crippen molar-refractivity contribution in [2.75, 3.05) is 7.11 Å². The van der Waals surface area contributed by atoms with Gasteiger partial charge in [-0.1, -0.05) is 13.3 Å². The van der Waals surface area contributed by atoms with Crippen LogP contribution in [-0.2, 0) is 6.42 Å². The molecule has 60 valence electrons. The molecule has 0 saturated heterocycles. The Labute approximate surface area is 66.4 Å². The standard InChI is InChI=1S/C8H12N2O/c1-3-4-7-5-9-8(11-2)10-6-7/h5-6H,3-4H2,1-2H3. The van der Waals surface area contributed by atoms with E-state index < -0.39 is 0 Å². The maximum atomic E-state index is 4.83. The van der Waals surface area contributed by atoms with E-state index in [1.165, 1.54) is 0 Å². The summed E-state index contributed by atoms with van der Waals surface area (Å²) in [6.45, 7) is 2.13. The molecule has 0 aromatic carbocycles. The van der Waals surface area contributed by atoms with E-state index in [1.807, 2.05) is 0 Å². The number of hydrogen-bond acceptors (Lipinski definition) is 3. The monoisotopic (exact) mass is 152 g/mol. The van der Waals surface area contributed by atoms with Gasteiger partial charge in [-0.2, -0.15) is 0 Å². The first-order chi connectivity index (χ1) is 5.36. The number of methoxy groups -OCH3 is 1. The molecule has 0 saturated carbocycles. The molecule has 1 aromatic heterocycles. The van der Waals surface area contributed by atoms with Gasteiger partial charge in [0.05, 0.1) is 7.11 Å². The lowest BCUT2D eigenvalue weighted by Gasteiger charge is -1.98. The lowest BCUT2D eigenvalue weighted by atomic mass is 10.2. The van der Waals surface area contributed by atoms with Crippen molar-refractivity contribution in [1.82, 2.24) is 9.97 Å². The Morgan fingerprint density at radius 3 is 2.45 bits per heavy atom. The van der Waals surface area contributed by atoms with Crippen LogP contribution >= 0.6 is 0 Å². The third-order valence-electron chi connectivity index (χ3n) is 1.40. The molecule has 0 spiro atoms. The Kier molecular flexibility index (Phi) is 2.83. The summed E-state index contributed by atoms with van der Waals surface area (Å²) in [6, 6.07) is 0.435. The minimum atomic E-state index is 0.435. The number of aryl methyl sites for hydroxylation is 1. The molecule has 0 aliphatic carbocycles. The van der Waals surface area contributed by atoms with Crippen LogP contribution in [0.2, 0.25) is 0 Å². The lowest BCUT2D eigenvalue weighted by molar-refractivity contribution is 0.379. The van der Waals surface area contributed by atoms with Crippen LogP contribution in [-0.4, -0.2) is 17.1 Å². The summed E-state index contributed by atoms with van der Waals surface area (Å²) in [5, 5.41) is 0. The fourth-order valence-corrected chi connectivity index (χ4v) is 0.866. The summed E-state index contributed by atoms with van der Waals surface area (Å²) in [6.07, 6.45) is 5.75. The number of nitrogens with zero attached hydrogens (tertiary/aromatic N) is 2. The zero-order valence-electron chi connectivity index (χ0n) is 6.87. The highest BCUT2D eigenvalue weighted by atomic mass is 16.5. The molecule has 0 radical (unpaired) electrons. The van der Waals surface area contributed by atoms with Gasteiger partial charge in [-0.3, -0.25) is 0 Å². The Hall–Kier alpha value is -1.12. The van der Waals surface area contributed by atoms with Gasteiger partial charge in [-0.15, -0.1) is 0 Å². The molecular formula is C8H12N2O. The van der Waals surface area contributed by atoms with Crippen LogP contribution in [0.5, 0.6) is 6.01 Å². The molecule has 0 N–H and O–H groups in total. The second kappa shape index (κ2) is 3.91. The van der Waals surface area contributed by atoms with Gasteiger partial charge in [-0.25, -0.2) is 9.97 Å². The van der Waals surface area contributed by atoms with Crippen molar-refractivity contribution in [3.8, 4) is 6.01 Å². The highest BCUT2D eigenvalue weighted by Crippen LogP contribution is 2.03. The molecule has 1 aromatic rings. The van der Waals surface area contributed by atoms with Crippen LogP contribution < -0.4 is 4.74 Å². The van der Waals surface area contributed by atoms with Crippen molar-refractivity contribution in [1.29, 1.82) is 0 Å². The quantitative estimate of drug-likeness (QED) is 0.657. The number of ether oxygens (including phenoxy) is 1. The fraction of sp³-hybridized carbons (Fsp3) is 0.500. The van der Waals surface area contributed by atoms with Crippen molar-refractivity contribution >= 4 is 0 Å². The van der Waals surface area contributed by atoms with Gasteiger partial charge in [0.25, 0.3) is 0 Å². The number of hydrogen-bond donors (Lipinski definition) is 0. The molecule has 0 fully saturated rings. The Bertz CT molecular complexity index is 208. The molecule has 3 heteroatoms. The maximum Gasteiger partial charge on any atom is 0.316 e. The molecule has 1 heterocycles. The van der Waals surface area contributed by atoms with Gasteiger partial charge < -0.3 is 4.74 Å². The van der Waals surface area contributed by atoms with Crippen molar-refractivity contribution in [3.05, 3.63) is 18.0 Å². The largest absolute Gasteiger partial charge is 0.467 e. The normalized spacial score (nSPS) is 9.64. The molecule has 1 rings (SSSR count). The van der Waals surface area contributed by atoms with E-state index in [1.54, 1.807) is 19.5 Å². The van der Waals surface area contributed by atoms with E-state index in [-0.39, 0.29) is 0 Å². The lowest BCUT2D eigenvalue weighted by Crippen LogP contribution is -1.93. The predicted molar refractivity (Wildman–Crippen MR) is 42.6 cm³/mol. The summed E-state index contributed by atoms with van der Waals surface area (Å²) >= 11 is 0. The molecule has 11 heavy (non-hydrogen) atoms. The van der Waals surface area contributed by atoms with Crippen molar-refractivity contribution in [3.63, 3.8) is 0 Å². The average molecular weight is 152 g/mol. The molecule has 0 aliphatic rings. The Balaban J connectivity index is 2.66. The molecule has 0 unspecified atom stereocenters. The van der Waals surface area contributed by atoms with Gasteiger partial charge in [0, 0.05) is 12.4 Å². The van der Waals surface area contributed by atoms with E-state index in [0.717, 1.165) is 18.4 Å². The van der Waals surface area contributed by atoms with E-state index in [2.05, 4.69) is 16.9 Å². The number of rotatable bonds is 3. The zero-order valence-corrected chi connectivity index (χ0v) is 6.87. The van der Waals surface area contributed by atoms with Gasteiger partial charge in [-0.05, 0) is 12.0 Å². The fourth-order valence-electron chi connectivity index (χ4n) is 0.866. The van der Waals surface area contributed by atoms with E-state index in [0.29, 0.717) is 6.01 Å². The highest BCUT2D eigenvalue weighted by molar-refractivity contribution is 5.07. The van der Waals surface area contributed by atoms with Crippen LogP contribution in [0.4, 0.5) is 0 Å². The van der Waals surface area contributed by atoms with E-state index in [9.17, 15) is 0 Å². The SMILES string of the molecule is CCCc1cnc(OC)nc1. The van der Waals surface area contributed by atoms with Crippen LogP contribution in [0.15, 0.2) is 12.4 Å². The van der Waals surface area contributed by atoms with Gasteiger partial charge >= 0.3 is 6.01 Å². The molecule has 3 nitrogen and oxygen atoms in total. The van der Waals surface area contributed by atoms with Crippen LogP contribution in [0.1, 0.15) is 18.9 Å². The summed E-state index contributed by atoms with van der Waals surface area (Å²) < 4.78 is 4.83. The smallest absolute Gasteiger partial charge is 0.316 e. The first kappa shape index (κ1) is 7.98. The zero-order chi connectivity index (χ0) is 8.10. The molecule has 0 atom stereocenters. The second-order valence-electron chi connectivity index (χ2n) is 2.33. The summed E-state index contributed by atoms with van der Waals surface area (Å²) in [7, 11) is 1.56. The average Bonchev–Trinajstić information content (AvgIpc) is 2.07. The van der Waals surface area contributed by atoms with E-state index >= 15 is 0 Å². The minimum absolute atomic E-state index is 0.435. The van der Waals surface area contributed by atoms with Crippen molar-refractivity contribution < 1.29 is 4.74 Å². The van der Waals surface area contributed by atoms with E-state index in [4.69, 9.17) is 4.74 Å². The molecule has 0 amide bonds. The summed E-state index contributed by atoms with van der Waals surface area (Å²) in [5.41, 5.74) is 1.16. The van der Waals surface area contributed by atoms with Gasteiger partial charge in [0.2, 0.25) is 0 Å². The van der Waals surface area contributed by atoms with Crippen LogP contribution in [0.25, 0.3) is 0 Å². The summed E-state index contributed by atoms with van der Waals surface area (Å²) in [5.74, 6) is 0. The first-order valence-electron chi connectivity index (χ1n) is 3.71. The third kappa shape index (κ3) is 2.18. The van der Waals surface area contributed by atoms with Crippen LogP contribution in [0.3, 0.4) is 0 Å². The Morgan fingerprint density at radius 2 is 2.00 bits per heavy atom. The molecule has 0 aliphatic heterocycles. The van der Waals surface area contributed by atoms with Gasteiger partial charge in [0.15, 0.2) is 0 Å². The summed E-state index contributed by atoms with van der Waals surface area (Å²) in [4.78, 5) is 7.96. The third-order valence-corrected chi connectivity index (χ3v) is 1.40.